The molecule has 0 saturated carbocycles. The highest BCUT2D eigenvalue weighted by Crippen LogP contribution is 2.05. The molecule has 1 N–H and O–H groups in total. The number of nitrogens with zero attached hydrogens (tertiary/aromatic N) is 1. The van der Waals surface area contributed by atoms with E-state index in [1.807, 2.05) is 0 Å². The van der Waals surface area contributed by atoms with Gasteiger partial charge in [-0.1, -0.05) is 6.92 Å². The van der Waals surface area contributed by atoms with Crippen LogP contribution in [0.3, 0.4) is 0 Å². The highest BCUT2D eigenvalue weighted by Gasteiger charge is 2.19. The summed E-state index contributed by atoms with van der Waals surface area (Å²) in [5, 5.41) is 6.05. The maximum Gasteiger partial charge on any atom is 0.310 e. The summed E-state index contributed by atoms with van der Waals surface area (Å²) >= 11 is 1.42. The van der Waals surface area contributed by atoms with Crippen molar-refractivity contribution < 1.29 is 19.1 Å². The lowest BCUT2D eigenvalue weighted by atomic mass is 10.2. The molecule has 0 aliphatic heterocycles. The van der Waals surface area contributed by atoms with Gasteiger partial charge in [-0.05, 0) is 11.4 Å². The molecule has 7 heteroatoms. The van der Waals surface area contributed by atoms with Crippen LogP contribution in [0.4, 0.5) is 0 Å². The number of thiophene rings is 1. The first-order valence-electron chi connectivity index (χ1n) is 6.08. The molecule has 0 radical (unpaired) electrons. The number of hydrogen-bond donors (Lipinski definition) is 1. The van der Waals surface area contributed by atoms with Crippen LogP contribution in [0, 0.1) is 5.92 Å². The Morgan fingerprint density at radius 3 is 2.70 bits per heavy atom. The summed E-state index contributed by atoms with van der Waals surface area (Å²) in [5.41, 5.74) is 0.536. The first-order chi connectivity index (χ1) is 9.45. The quantitative estimate of drug-likeness (QED) is 0.786. The SMILES string of the molecule is COC(=O)C(C)CN(C)C(=O)CNC(=O)c1ccsc1. The number of esters is 1. The predicted molar refractivity (Wildman–Crippen MR) is 75.5 cm³/mol. The van der Waals surface area contributed by atoms with Crippen LogP contribution in [0.1, 0.15) is 17.3 Å². The average molecular weight is 298 g/mol. The second-order valence-corrected chi connectivity index (χ2v) is 5.17. The molecule has 1 rings (SSSR count). The Labute approximate surface area is 121 Å². The number of amides is 2. The third-order valence-electron chi connectivity index (χ3n) is 2.76. The van der Waals surface area contributed by atoms with Crippen LogP contribution in [-0.2, 0) is 14.3 Å². The first-order valence-corrected chi connectivity index (χ1v) is 7.02. The monoisotopic (exact) mass is 298 g/mol. The summed E-state index contributed by atoms with van der Waals surface area (Å²) in [4.78, 5) is 36.1. The van der Waals surface area contributed by atoms with Gasteiger partial charge in [0.15, 0.2) is 0 Å². The normalized spacial score (nSPS) is 11.6. The number of carbonyl (C=O) groups excluding carboxylic acids is 3. The number of ether oxygens (including phenoxy) is 1. The van der Waals surface area contributed by atoms with E-state index in [0.29, 0.717) is 5.56 Å². The Morgan fingerprint density at radius 1 is 1.45 bits per heavy atom. The molecular formula is C13H18N2O4S. The molecule has 1 heterocycles. The van der Waals surface area contributed by atoms with Crippen molar-refractivity contribution in [3.05, 3.63) is 22.4 Å². The fourth-order valence-corrected chi connectivity index (χ4v) is 2.21. The van der Waals surface area contributed by atoms with Crippen molar-refractivity contribution in [2.75, 3.05) is 27.2 Å². The zero-order valence-electron chi connectivity index (χ0n) is 11.7. The summed E-state index contributed by atoms with van der Waals surface area (Å²) in [6.45, 7) is 1.83. The van der Waals surface area contributed by atoms with E-state index < -0.39 is 5.92 Å². The Morgan fingerprint density at radius 2 is 2.15 bits per heavy atom. The molecule has 6 nitrogen and oxygen atoms in total. The van der Waals surface area contributed by atoms with Crippen LogP contribution >= 0.6 is 11.3 Å². The maximum absolute atomic E-state index is 11.8. The van der Waals surface area contributed by atoms with Gasteiger partial charge in [0.2, 0.25) is 5.91 Å². The molecule has 0 spiro atoms. The van der Waals surface area contributed by atoms with Gasteiger partial charge in [0.05, 0.1) is 19.6 Å². The van der Waals surface area contributed by atoms with Gasteiger partial charge in [0.25, 0.3) is 5.91 Å². The lowest BCUT2D eigenvalue weighted by molar-refractivity contribution is -0.146. The Bertz CT molecular complexity index is 473. The Kier molecular flexibility index (Phi) is 6.17. The van der Waals surface area contributed by atoms with E-state index in [4.69, 9.17) is 0 Å². The molecule has 110 valence electrons. The van der Waals surface area contributed by atoms with Crippen molar-refractivity contribution in [2.24, 2.45) is 5.92 Å². The minimum atomic E-state index is -0.401. The highest BCUT2D eigenvalue weighted by molar-refractivity contribution is 7.08. The van der Waals surface area contributed by atoms with Crippen molar-refractivity contribution >= 4 is 29.1 Å². The van der Waals surface area contributed by atoms with Crippen molar-refractivity contribution in [3.8, 4) is 0 Å². The van der Waals surface area contributed by atoms with Gasteiger partial charge in [-0.3, -0.25) is 14.4 Å². The van der Waals surface area contributed by atoms with Crippen LogP contribution in [0.15, 0.2) is 16.8 Å². The fourth-order valence-electron chi connectivity index (χ4n) is 1.57. The van der Waals surface area contributed by atoms with E-state index in [9.17, 15) is 14.4 Å². The van der Waals surface area contributed by atoms with Crippen molar-refractivity contribution in [3.63, 3.8) is 0 Å². The minimum absolute atomic E-state index is 0.0981. The zero-order valence-corrected chi connectivity index (χ0v) is 12.5. The second kappa shape index (κ2) is 7.64. The summed E-state index contributed by atoms with van der Waals surface area (Å²) in [6.07, 6.45) is 0. The number of likely N-dealkylation sites (N-methyl/N-ethyl adjacent to an activating group) is 1. The summed E-state index contributed by atoms with van der Waals surface area (Å²) < 4.78 is 4.59. The van der Waals surface area contributed by atoms with Crippen LogP contribution in [0.5, 0.6) is 0 Å². The van der Waals surface area contributed by atoms with Gasteiger partial charge in [-0.15, -0.1) is 0 Å². The van der Waals surface area contributed by atoms with Gasteiger partial charge < -0.3 is 15.0 Å². The molecule has 0 aromatic carbocycles. The van der Waals surface area contributed by atoms with Gasteiger partial charge >= 0.3 is 5.97 Å². The molecule has 1 atom stereocenters. The Balaban J connectivity index is 2.38. The van der Waals surface area contributed by atoms with E-state index in [0.717, 1.165) is 0 Å². The van der Waals surface area contributed by atoms with Crippen LogP contribution in [-0.4, -0.2) is 49.9 Å². The van der Waals surface area contributed by atoms with Gasteiger partial charge in [0.1, 0.15) is 0 Å². The zero-order chi connectivity index (χ0) is 15.1. The molecule has 0 bridgehead atoms. The molecule has 0 saturated heterocycles. The lowest BCUT2D eigenvalue weighted by Gasteiger charge is -2.20. The summed E-state index contributed by atoms with van der Waals surface area (Å²) in [5.74, 6) is -1.31. The molecule has 0 aliphatic carbocycles. The number of nitrogens with one attached hydrogen (secondary N) is 1. The van der Waals surface area contributed by atoms with Crippen molar-refractivity contribution in [1.29, 1.82) is 0 Å². The van der Waals surface area contributed by atoms with Crippen LogP contribution in [0.2, 0.25) is 0 Å². The Hall–Kier alpha value is -1.89. The first kappa shape index (κ1) is 16.2. The van der Waals surface area contributed by atoms with E-state index in [1.165, 1.54) is 23.3 Å². The summed E-state index contributed by atoms with van der Waals surface area (Å²) in [7, 11) is 2.89. The van der Waals surface area contributed by atoms with Gasteiger partial charge in [-0.25, -0.2) is 0 Å². The third-order valence-corrected chi connectivity index (χ3v) is 3.44. The molecular weight excluding hydrogens is 280 g/mol. The van der Waals surface area contributed by atoms with Crippen molar-refractivity contribution in [2.45, 2.75) is 6.92 Å². The maximum atomic E-state index is 11.8. The average Bonchev–Trinajstić information content (AvgIpc) is 2.97. The number of methoxy groups -OCH3 is 1. The molecule has 1 unspecified atom stereocenters. The molecule has 20 heavy (non-hydrogen) atoms. The minimum Gasteiger partial charge on any atom is -0.469 e. The second-order valence-electron chi connectivity index (χ2n) is 4.39. The fraction of sp³-hybridized carbons (Fsp3) is 0.462. The lowest BCUT2D eigenvalue weighted by Crippen LogP contribution is -2.41. The van der Waals surface area contributed by atoms with E-state index >= 15 is 0 Å². The number of hydrogen-bond acceptors (Lipinski definition) is 5. The van der Waals surface area contributed by atoms with Gasteiger partial charge in [-0.2, -0.15) is 11.3 Å². The third kappa shape index (κ3) is 4.65. The molecule has 0 fully saturated rings. The highest BCUT2D eigenvalue weighted by atomic mass is 32.1. The van der Waals surface area contributed by atoms with E-state index in [-0.39, 0.29) is 30.9 Å². The molecule has 1 aromatic rings. The van der Waals surface area contributed by atoms with Crippen LogP contribution < -0.4 is 5.32 Å². The predicted octanol–water partition coefficient (Wildman–Crippen LogP) is 0.745. The smallest absolute Gasteiger partial charge is 0.310 e. The molecule has 0 aliphatic rings. The molecule has 2 amide bonds. The topological polar surface area (TPSA) is 75.7 Å². The van der Waals surface area contributed by atoms with Crippen molar-refractivity contribution in [1.82, 2.24) is 10.2 Å². The largest absolute Gasteiger partial charge is 0.469 e. The molecule has 1 aromatic heterocycles. The van der Waals surface area contributed by atoms with Gasteiger partial charge in [0, 0.05) is 24.5 Å². The number of carbonyl (C=O) groups is 3. The summed E-state index contributed by atoms with van der Waals surface area (Å²) in [6, 6.07) is 1.69. The van der Waals surface area contributed by atoms with E-state index in [2.05, 4.69) is 10.1 Å². The van der Waals surface area contributed by atoms with E-state index in [1.54, 1.807) is 30.8 Å². The standard InChI is InChI=1S/C13H18N2O4S/c1-9(13(18)19-3)7-15(2)11(16)6-14-12(17)10-4-5-20-8-10/h4-5,8-9H,6-7H2,1-3H3,(H,14,17). The van der Waals surface area contributed by atoms with Crippen LogP contribution in [0.25, 0.3) is 0 Å². The number of rotatable bonds is 6.